The highest BCUT2D eigenvalue weighted by molar-refractivity contribution is 7.89. The van der Waals surface area contributed by atoms with Crippen molar-refractivity contribution in [1.29, 1.82) is 0 Å². The van der Waals surface area contributed by atoms with Gasteiger partial charge in [0.05, 0.1) is 17.9 Å². The molecule has 4 heterocycles. The van der Waals surface area contributed by atoms with Gasteiger partial charge in [-0.15, -0.1) is 5.10 Å². The number of rotatable bonds is 6. The predicted molar refractivity (Wildman–Crippen MR) is 139 cm³/mol. The minimum absolute atomic E-state index is 0.0191. The molecule has 2 aromatic carbocycles. The minimum atomic E-state index is -3.76. The zero-order valence-electron chi connectivity index (χ0n) is 21.0. The van der Waals surface area contributed by atoms with Crippen LogP contribution in [0.15, 0.2) is 72.1 Å². The molecular formula is C26H28N8O2S. The largest absolute Gasteiger partial charge is 0.274 e. The highest BCUT2D eigenvalue weighted by Gasteiger charge is 2.45. The van der Waals surface area contributed by atoms with Crippen molar-refractivity contribution < 1.29 is 8.42 Å². The van der Waals surface area contributed by atoms with Crippen molar-refractivity contribution >= 4 is 20.9 Å². The van der Waals surface area contributed by atoms with E-state index in [0.717, 1.165) is 34.3 Å². The van der Waals surface area contributed by atoms with Gasteiger partial charge >= 0.3 is 0 Å². The molecule has 0 N–H and O–H groups in total. The second-order valence-corrected chi connectivity index (χ2v) is 11.7. The molecule has 1 aliphatic rings. The topological polar surface area (TPSA) is 104 Å². The Hall–Kier alpha value is -3.83. The Morgan fingerprint density at radius 3 is 2.51 bits per heavy atom. The van der Waals surface area contributed by atoms with E-state index in [1.807, 2.05) is 48.4 Å². The maximum absolute atomic E-state index is 13.5. The van der Waals surface area contributed by atoms with Crippen molar-refractivity contribution in [1.82, 2.24) is 38.9 Å². The number of nitrogens with zero attached hydrogens (tertiary/aromatic N) is 8. The van der Waals surface area contributed by atoms with Crippen LogP contribution in [0, 0.1) is 6.92 Å². The van der Waals surface area contributed by atoms with Gasteiger partial charge in [-0.25, -0.2) is 13.1 Å². The molecule has 0 aliphatic carbocycles. The smallest absolute Gasteiger partial charge is 0.264 e. The summed E-state index contributed by atoms with van der Waals surface area (Å²) < 4.78 is 32.1. The minimum Gasteiger partial charge on any atom is -0.274 e. The van der Waals surface area contributed by atoms with Crippen molar-refractivity contribution in [3.63, 3.8) is 0 Å². The summed E-state index contributed by atoms with van der Waals surface area (Å²) in [6, 6.07) is 16.5. The molecule has 0 radical (unpaired) electrons. The standard InChI is InChI=1S/C26H28N8O2S/c1-19-13-23-21(16-28-34(23)24-9-11-31(2)29-24)14-22(19)26(15-20-7-5-4-6-8-20)10-12-33(18-26)37(35,36)25-17-27-32(3)30-25/h4-9,11,13-14,16-17H,10,12,15,18H2,1-3H3. The van der Waals surface area contributed by atoms with Crippen molar-refractivity contribution in [3.05, 3.63) is 83.8 Å². The van der Waals surface area contributed by atoms with Crippen LogP contribution >= 0.6 is 0 Å². The molecular weight excluding hydrogens is 488 g/mol. The molecule has 11 heteroatoms. The lowest BCUT2D eigenvalue weighted by Crippen LogP contribution is -2.36. The number of hydrogen-bond donors (Lipinski definition) is 0. The van der Waals surface area contributed by atoms with E-state index in [-0.39, 0.29) is 5.03 Å². The fraction of sp³-hybridized carbons (Fsp3) is 0.308. The number of sulfonamides is 1. The maximum atomic E-state index is 13.5. The molecule has 0 amide bonds. The third-order valence-electron chi connectivity index (χ3n) is 7.29. The van der Waals surface area contributed by atoms with E-state index in [2.05, 4.69) is 51.6 Å². The van der Waals surface area contributed by atoms with Crippen LogP contribution in [0.25, 0.3) is 16.7 Å². The Morgan fingerprint density at radius 2 is 1.81 bits per heavy atom. The van der Waals surface area contributed by atoms with E-state index in [4.69, 9.17) is 0 Å². The Balaban J connectivity index is 1.44. The van der Waals surface area contributed by atoms with E-state index in [9.17, 15) is 8.42 Å². The molecule has 5 aromatic rings. The fourth-order valence-corrected chi connectivity index (χ4v) is 6.93. The molecule has 1 aliphatic heterocycles. The Labute approximate surface area is 215 Å². The van der Waals surface area contributed by atoms with Gasteiger partial charge in [0, 0.05) is 50.2 Å². The number of hydrogen-bond acceptors (Lipinski definition) is 6. The second-order valence-electron chi connectivity index (χ2n) is 9.83. The van der Waals surface area contributed by atoms with Crippen molar-refractivity contribution in [3.8, 4) is 5.82 Å². The van der Waals surface area contributed by atoms with Gasteiger partial charge in [0.1, 0.15) is 0 Å². The molecule has 1 atom stereocenters. The molecule has 3 aromatic heterocycles. The van der Waals surface area contributed by atoms with Gasteiger partial charge in [-0.05, 0) is 48.6 Å². The van der Waals surface area contributed by atoms with E-state index in [0.29, 0.717) is 19.5 Å². The van der Waals surface area contributed by atoms with Crippen LogP contribution in [0.1, 0.15) is 23.1 Å². The van der Waals surface area contributed by atoms with Crippen LogP contribution < -0.4 is 0 Å². The quantitative estimate of drug-likeness (QED) is 0.344. The second kappa shape index (κ2) is 8.63. The third-order valence-corrected chi connectivity index (χ3v) is 9.00. The lowest BCUT2D eigenvalue weighted by Gasteiger charge is -2.32. The molecule has 10 nitrogen and oxygen atoms in total. The monoisotopic (exact) mass is 516 g/mol. The zero-order valence-corrected chi connectivity index (χ0v) is 21.8. The van der Waals surface area contributed by atoms with E-state index >= 15 is 0 Å². The van der Waals surface area contributed by atoms with E-state index in [1.54, 1.807) is 16.0 Å². The predicted octanol–water partition coefficient (Wildman–Crippen LogP) is 2.77. The number of benzene rings is 2. The summed E-state index contributed by atoms with van der Waals surface area (Å²) in [5.41, 5.74) is 3.98. The van der Waals surface area contributed by atoms with Gasteiger partial charge in [-0.1, -0.05) is 30.3 Å². The summed E-state index contributed by atoms with van der Waals surface area (Å²) in [6.07, 6.45) is 6.48. The molecule has 37 heavy (non-hydrogen) atoms. The van der Waals surface area contributed by atoms with E-state index in [1.165, 1.54) is 16.6 Å². The zero-order chi connectivity index (χ0) is 25.8. The van der Waals surface area contributed by atoms with Crippen molar-refractivity contribution in [2.75, 3.05) is 13.1 Å². The first-order chi connectivity index (χ1) is 17.7. The average Bonchev–Trinajstić information content (AvgIpc) is 3.66. The Kier molecular flexibility index (Phi) is 5.50. The Morgan fingerprint density at radius 1 is 1.00 bits per heavy atom. The van der Waals surface area contributed by atoms with Gasteiger partial charge < -0.3 is 0 Å². The summed E-state index contributed by atoms with van der Waals surface area (Å²) in [7, 11) is -0.263. The molecule has 6 rings (SSSR count). The normalized spacial score (nSPS) is 18.7. The molecule has 1 saturated heterocycles. The molecule has 190 valence electrons. The summed E-state index contributed by atoms with van der Waals surface area (Å²) in [4.78, 5) is 1.28. The highest BCUT2D eigenvalue weighted by atomic mass is 32.2. The molecule has 1 fully saturated rings. The van der Waals surface area contributed by atoms with Crippen molar-refractivity contribution in [2.45, 2.75) is 30.2 Å². The van der Waals surface area contributed by atoms with Gasteiger partial charge in [0.25, 0.3) is 10.0 Å². The summed E-state index contributed by atoms with van der Waals surface area (Å²) in [5, 5.41) is 18.1. The highest BCUT2D eigenvalue weighted by Crippen LogP contribution is 2.42. The fourth-order valence-electron chi connectivity index (χ4n) is 5.51. The first kappa shape index (κ1) is 23.6. The third kappa shape index (κ3) is 4.04. The summed E-state index contributed by atoms with van der Waals surface area (Å²) >= 11 is 0. The van der Waals surface area contributed by atoms with Crippen molar-refractivity contribution in [2.24, 2.45) is 14.1 Å². The molecule has 1 unspecified atom stereocenters. The molecule has 0 bridgehead atoms. The van der Waals surface area contributed by atoms with Crippen LogP contribution in [0.4, 0.5) is 0 Å². The molecule has 0 spiro atoms. The maximum Gasteiger partial charge on any atom is 0.264 e. The van der Waals surface area contributed by atoms with Gasteiger partial charge in [0.15, 0.2) is 5.82 Å². The molecule has 0 saturated carbocycles. The van der Waals surface area contributed by atoms with Gasteiger partial charge in [0.2, 0.25) is 5.03 Å². The van der Waals surface area contributed by atoms with Crippen LogP contribution in [0.5, 0.6) is 0 Å². The first-order valence-electron chi connectivity index (χ1n) is 12.1. The number of aromatic nitrogens is 7. The lowest BCUT2D eigenvalue weighted by molar-refractivity contribution is 0.412. The average molecular weight is 517 g/mol. The lowest BCUT2D eigenvalue weighted by atomic mass is 9.73. The Bertz CT molecular complexity index is 1700. The first-order valence-corrected chi connectivity index (χ1v) is 13.6. The van der Waals surface area contributed by atoms with Crippen LogP contribution in [-0.2, 0) is 36.0 Å². The van der Waals surface area contributed by atoms with Gasteiger partial charge in [-0.3, -0.25) is 4.68 Å². The van der Waals surface area contributed by atoms with Gasteiger partial charge in [-0.2, -0.15) is 24.4 Å². The summed E-state index contributed by atoms with van der Waals surface area (Å²) in [5.74, 6) is 0.755. The van der Waals surface area contributed by atoms with E-state index < -0.39 is 15.4 Å². The number of aryl methyl sites for hydroxylation is 3. The SMILES string of the molecule is Cc1cc2c(cnn2-c2ccn(C)n2)cc1C1(Cc2ccccc2)CCN(S(=O)(=O)c2cnn(C)n2)C1. The van der Waals surface area contributed by atoms with Crippen LogP contribution in [-0.4, -0.2) is 60.4 Å². The number of fused-ring (bicyclic) bond motifs is 1. The van der Waals surface area contributed by atoms with Crippen LogP contribution in [0.2, 0.25) is 0 Å². The van der Waals surface area contributed by atoms with Crippen LogP contribution in [0.3, 0.4) is 0 Å². The summed E-state index contributed by atoms with van der Waals surface area (Å²) in [6.45, 7) is 2.87.